The van der Waals surface area contributed by atoms with E-state index in [0.717, 1.165) is 25.6 Å². The predicted octanol–water partition coefficient (Wildman–Crippen LogP) is 1.88. The first-order valence-corrected chi connectivity index (χ1v) is 5.62. The number of hydrogen-bond donors (Lipinski definition) is 1. The highest BCUT2D eigenvalue weighted by Gasteiger charge is 2.21. The van der Waals surface area contributed by atoms with Crippen molar-refractivity contribution in [3.63, 3.8) is 0 Å². The molecule has 0 aliphatic carbocycles. The molecule has 5 heteroatoms. The predicted molar refractivity (Wildman–Crippen MR) is 61.9 cm³/mol. The summed E-state index contributed by atoms with van der Waals surface area (Å²) in [6.07, 6.45) is 1.01. The average molecular weight is 242 g/mol. The molecule has 3 nitrogen and oxygen atoms in total. The van der Waals surface area contributed by atoms with E-state index in [4.69, 9.17) is 10.5 Å². The van der Waals surface area contributed by atoms with Crippen LogP contribution in [0.1, 0.15) is 6.42 Å². The maximum atomic E-state index is 13.4. The van der Waals surface area contributed by atoms with Crippen molar-refractivity contribution >= 4 is 5.69 Å². The first kappa shape index (κ1) is 12.1. The summed E-state index contributed by atoms with van der Waals surface area (Å²) in [7, 11) is 2.02. The molecule has 0 radical (unpaired) electrons. The van der Waals surface area contributed by atoms with Gasteiger partial charge in [-0.05, 0) is 32.1 Å². The summed E-state index contributed by atoms with van der Waals surface area (Å²) in [6.45, 7) is 2.29. The second-order valence-corrected chi connectivity index (χ2v) is 4.51. The number of halogens is 2. The molecule has 1 aliphatic rings. The standard InChI is InChI=1S/C12H16F2N2O/c1-16-5-4-8(6-16)7-17-12-10(15)3-2-9(13)11(12)14/h2-3,8H,4-7,15H2,1H3. The molecule has 94 valence electrons. The van der Waals surface area contributed by atoms with Crippen LogP contribution in [-0.4, -0.2) is 31.6 Å². The topological polar surface area (TPSA) is 38.5 Å². The highest BCUT2D eigenvalue weighted by Crippen LogP contribution is 2.28. The third-order valence-electron chi connectivity index (χ3n) is 3.03. The van der Waals surface area contributed by atoms with Gasteiger partial charge in [0.1, 0.15) is 0 Å². The maximum absolute atomic E-state index is 13.4. The zero-order valence-electron chi connectivity index (χ0n) is 9.75. The fourth-order valence-corrected chi connectivity index (χ4v) is 2.06. The van der Waals surface area contributed by atoms with E-state index in [1.165, 1.54) is 6.07 Å². The Labute approximate surface area is 99.2 Å². The Kier molecular flexibility index (Phi) is 3.47. The molecule has 1 saturated heterocycles. The van der Waals surface area contributed by atoms with E-state index in [2.05, 4.69) is 4.90 Å². The largest absolute Gasteiger partial charge is 0.488 e. The normalized spacial score (nSPS) is 20.8. The summed E-state index contributed by atoms with van der Waals surface area (Å²) in [5, 5.41) is 0. The summed E-state index contributed by atoms with van der Waals surface area (Å²) < 4.78 is 31.7. The van der Waals surface area contributed by atoms with Crippen LogP contribution in [-0.2, 0) is 0 Å². The Balaban J connectivity index is 2.01. The number of nitrogen functional groups attached to an aromatic ring is 1. The van der Waals surface area contributed by atoms with E-state index in [1.807, 2.05) is 7.05 Å². The van der Waals surface area contributed by atoms with Crippen LogP contribution in [0.5, 0.6) is 5.75 Å². The van der Waals surface area contributed by atoms with Crippen LogP contribution in [0, 0.1) is 17.6 Å². The van der Waals surface area contributed by atoms with E-state index in [0.29, 0.717) is 12.5 Å². The molecule has 1 fully saturated rings. The van der Waals surface area contributed by atoms with Gasteiger partial charge in [-0.1, -0.05) is 0 Å². The smallest absolute Gasteiger partial charge is 0.202 e. The fraction of sp³-hybridized carbons (Fsp3) is 0.500. The number of hydrogen-bond acceptors (Lipinski definition) is 3. The van der Waals surface area contributed by atoms with Gasteiger partial charge in [0.2, 0.25) is 5.82 Å². The second kappa shape index (κ2) is 4.87. The van der Waals surface area contributed by atoms with Gasteiger partial charge in [0.05, 0.1) is 12.3 Å². The molecule has 1 atom stereocenters. The van der Waals surface area contributed by atoms with E-state index < -0.39 is 11.6 Å². The number of rotatable bonds is 3. The Morgan fingerprint density at radius 3 is 2.88 bits per heavy atom. The molecule has 0 aromatic heterocycles. The fourth-order valence-electron chi connectivity index (χ4n) is 2.06. The number of nitrogens with zero attached hydrogens (tertiary/aromatic N) is 1. The number of likely N-dealkylation sites (tertiary alicyclic amines) is 1. The first-order chi connectivity index (χ1) is 8.08. The SMILES string of the molecule is CN1CCC(COc2c(N)ccc(F)c2F)C1. The van der Waals surface area contributed by atoms with Crippen molar-refractivity contribution in [1.29, 1.82) is 0 Å². The quantitative estimate of drug-likeness (QED) is 0.822. The summed E-state index contributed by atoms with van der Waals surface area (Å²) >= 11 is 0. The lowest BCUT2D eigenvalue weighted by Crippen LogP contribution is -2.18. The maximum Gasteiger partial charge on any atom is 0.202 e. The highest BCUT2D eigenvalue weighted by atomic mass is 19.2. The lowest BCUT2D eigenvalue weighted by Gasteiger charge is -2.14. The molecular formula is C12H16F2N2O. The molecule has 1 aliphatic heterocycles. The molecule has 2 N–H and O–H groups in total. The Bertz CT molecular complexity index is 412. The second-order valence-electron chi connectivity index (χ2n) is 4.51. The van der Waals surface area contributed by atoms with Gasteiger partial charge in [-0.3, -0.25) is 0 Å². The van der Waals surface area contributed by atoms with Crippen molar-refractivity contribution in [3.05, 3.63) is 23.8 Å². The molecule has 0 saturated carbocycles. The van der Waals surface area contributed by atoms with Gasteiger partial charge in [0.15, 0.2) is 11.6 Å². The van der Waals surface area contributed by atoms with E-state index in [1.54, 1.807) is 0 Å². The van der Waals surface area contributed by atoms with Crippen LogP contribution in [0.3, 0.4) is 0 Å². The van der Waals surface area contributed by atoms with Crippen molar-refractivity contribution in [1.82, 2.24) is 4.90 Å². The molecule has 0 bridgehead atoms. The summed E-state index contributed by atoms with van der Waals surface area (Å²) in [6, 6.07) is 2.31. The van der Waals surface area contributed by atoms with Gasteiger partial charge in [0.25, 0.3) is 0 Å². The van der Waals surface area contributed by atoms with Crippen molar-refractivity contribution in [2.45, 2.75) is 6.42 Å². The minimum atomic E-state index is -1.00. The van der Waals surface area contributed by atoms with E-state index in [-0.39, 0.29) is 11.4 Å². The summed E-state index contributed by atoms with van der Waals surface area (Å²) in [5.41, 5.74) is 5.69. The van der Waals surface area contributed by atoms with Crippen LogP contribution in [0.15, 0.2) is 12.1 Å². The van der Waals surface area contributed by atoms with Crippen LogP contribution in [0.2, 0.25) is 0 Å². The molecule has 0 spiro atoms. The van der Waals surface area contributed by atoms with E-state index >= 15 is 0 Å². The van der Waals surface area contributed by atoms with Gasteiger partial charge >= 0.3 is 0 Å². The van der Waals surface area contributed by atoms with Crippen LogP contribution >= 0.6 is 0 Å². The number of anilines is 1. The van der Waals surface area contributed by atoms with Crippen molar-refractivity contribution in [2.24, 2.45) is 5.92 Å². The molecule has 1 aromatic rings. The zero-order valence-corrected chi connectivity index (χ0v) is 9.75. The van der Waals surface area contributed by atoms with Gasteiger partial charge in [-0.25, -0.2) is 4.39 Å². The van der Waals surface area contributed by atoms with Crippen molar-refractivity contribution < 1.29 is 13.5 Å². The number of benzene rings is 1. The monoisotopic (exact) mass is 242 g/mol. The molecule has 1 heterocycles. The Morgan fingerprint density at radius 1 is 1.47 bits per heavy atom. The van der Waals surface area contributed by atoms with Gasteiger partial charge in [0, 0.05) is 12.5 Å². The minimum absolute atomic E-state index is 0.134. The third kappa shape index (κ3) is 2.66. The van der Waals surface area contributed by atoms with Crippen LogP contribution < -0.4 is 10.5 Å². The molecule has 1 aromatic carbocycles. The minimum Gasteiger partial charge on any atom is -0.488 e. The lowest BCUT2D eigenvalue weighted by molar-refractivity contribution is 0.238. The van der Waals surface area contributed by atoms with Crippen molar-refractivity contribution in [3.8, 4) is 5.75 Å². The molecular weight excluding hydrogens is 226 g/mol. The first-order valence-electron chi connectivity index (χ1n) is 5.62. The van der Waals surface area contributed by atoms with Gasteiger partial charge in [-0.2, -0.15) is 4.39 Å². The Morgan fingerprint density at radius 2 is 2.24 bits per heavy atom. The number of nitrogens with two attached hydrogens (primary N) is 1. The van der Waals surface area contributed by atoms with Crippen LogP contribution in [0.4, 0.5) is 14.5 Å². The third-order valence-corrected chi connectivity index (χ3v) is 3.03. The van der Waals surface area contributed by atoms with Gasteiger partial charge < -0.3 is 15.4 Å². The Hall–Kier alpha value is -1.36. The summed E-state index contributed by atoms with van der Waals surface area (Å²) in [5.74, 6) is -1.75. The number of ether oxygens (including phenoxy) is 1. The average Bonchev–Trinajstić information content (AvgIpc) is 2.70. The molecule has 0 amide bonds. The molecule has 2 rings (SSSR count). The summed E-state index contributed by atoms with van der Waals surface area (Å²) in [4.78, 5) is 2.18. The molecule has 17 heavy (non-hydrogen) atoms. The molecule has 1 unspecified atom stereocenters. The van der Waals surface area contributed by atoms with Gasteiger partial charge in [-0.15, -0.1) is 0 Å². The van der Waals surface area contributed by atoms with E-state index in [9.17, 15) is 8.78 Å². The highest BCUT2D eigenvalue weighted by molar-refractivity contribution is 5.53. The van der Waals surface area contributed by atoms with Crippen molar-refractivity contribution in [2.75, 3.05) is 32.5 Å². The zero-order chi connectivity index (χ0) is 12.4. The lowest BCUT2D eigenvalue weighted by atomic mass is 10.1. The van der Waals surface area contributed by atoms with Crippen LogP contribution in [0.25, 0.3) is 0 Å².